The quantitative estimate of drug-likeness (QED) is 0.833. The summed E-state index contributed by atoms with van der Waals surface area (Å²) in [7, 11) is 0. The van der Waals surface area contributed by atoms with Crippen LogP contribution in [0.3, 0.4) is 0 Å². The van der Waals surface area contributed by atoms with Gasteiger partial charge in [-0.2, -0.15) is 0 Å². The molecule has 1 aliphatic carbocycles. The van der Waals surface area contributed by atoms with E-state index in [-0.39, 0.29) is 0 Å². The number of nitrogens with one attached hydrogen (secondary N) is 1. The normalized spacial score (nSPS) is 26.2. The van der Waals surface area contributed by atoms with Crippen LogP contribution in [0, 0.1) is 18.8 Å². The molecule has 1 saturated carbocycles. The molecule has 102 valence electrons. The molecular weight excluding hydrogens is 222 g/mol. The highest BCUT2D eigenvalue weighted by Gasteiger charge is 2.30. The third kappa shape index (κ3) is 2.97. The first-order chi connectivity index (χ1) is 8.76. The summed E-state index contributed by atoms with van der Waals surface area (Å²) in [5.41, 5.74) is 1.29. The smallest absolute Gasteiger partial charge is 0.123 e. The van der Waals surface area contributed by atoms with Crippen LogP contribution in [0.1, 0.15) is 63.3 Å². The van der Waals surface area contributed by atoms with Crippen LogP contribution in [0.5, 0.6) is 0 Å². The minimum absolute atomic E-state index is 0.416. The maximum Gasteiger partial charge on any atom is 0.123 e. The van der Waals surface area contributed by atoms with E-state index in [1.165, 1.54) is 43.4 Å². The van der Waals surface area contributed by atoms with Crippen molar-refractivity contribution in [2.75, 3.05) is 6.54 Å². The molecule has 0 saturated heterocycles. The van der Waals surface area contributed by atoms with Gasteiger partial charge < -0.3 is 9.73 Å². The van der Waals surface area contributed by atoms with E-state index in [9.17, 15) is 0 Å². The molecule has 18 heavy (non-hydrogen) atoms. The van der Waals surface area contributed by atoms with Crippen LogP contribution in [-0.4, -0.2) is 6.54 Å². The molecule has 1 N–H and O–H groups in total. The molecule has 0 radical (unpaired) electrons. The Hall–Kier alpha value is -0.760. The standard InChI is InChI=1S/C16H27NO/c1-4-13-7-6-8-14(11-13)15(17-5-2)16-12(3)9-10-18-16/h9-10,13-15,17H,4-8,11H2,1-3H3. The molecule has 0 aliphatic heterocycles. The molecule has 3 atom stereocenters. The Balaban J connectivity index is 2.12. The maximum absolute atomic E-state index is 5.74. The van der Waals surface area contributed by atoms with Gasteiger partial charge in [0.25, 0.3) is 0 Å². The van der Waals surface area contributed by atoms with Crippen LogP contribution in [0.2, 0.25) is 0 Å². The fourth-order valence-corrected chi connectivity index (χ4v) is 3.40. The highest BCUT2D eigenvalue weighted by atomic mass is 16.3. The first-order valence-corrected chi connectivity index (χ1v) is 7.53. The summed E-state index contributed by atoms with van der Waals surface area (Å²) in [4.78, 5) is 0. The lowest BCUT2D eigenvalue weighted by Crippen LogP contribution is -2.31. The second kappa shape index (κ2) is 6.42. The molecular formula is C16H27NO. The Morgan fingerprint density at radius 3 is 2.83 bits per heavy atom. The molecule has 2 heteroatoms. The third-order valence-corrected chi connectivity index (χ3v) is 4.48. The lowest BCUT2D eigenvalue weighted by molar-refractivity contribution is 0.194. The van der Waals surface area contributed by atoms with E-state index in [1.807, 2.05) is 6.26 Å². The minimum Gasteiger partial charge on any atom is -0.467 e. The summed E-state index contributed by atoms with van der Waals surface area (Å²) in [5, 5.41) is 3.65. The van der Waals surface area contributed by atoms with Gasteiger partial charge in [-0.05, 0) is 49.8 Å². The second-order valence-corrected chi connectivity index (χ2v) is 5.70. The molecule has 0 spiro atoms. The fourth-order valence-electron chi connectivity index (χ4n) is 3.40. The van der Waals surface area contributed by atoms with Crippen molar-refractivity contribution in [2.24, 2.45) is 11.8 Å². The second-order valence-electron chi connectivity index (χ2n) is 5.70. The zero-order chi connectivity index (χ0) is 13.0. The molecule has 1 aromatic rings. The lowest BCUT2D eigenvalue weighted by atomic mass is 9.76. The van der Waals surface area contributed by atoms with Crippen LogP contribution in [0.25, 0.3) is 0 Å². The largest absolute Gasteiger partial charge is 0.467 e. The van der Waals surface area contributed by atoms with Crippen molar-refractivity contribution in [1.82, 2.24) is 5.32 Å². The van der Waals surface area contributed by atoms with Crippen molar-refractivity contribution in [2.45, 2.75) is 58.9 Å². The van der Waals surface area contributed by atoms with Crippen LogP contribution in [-0.2, 0) is 0 Å². The SMILES string of the molecule is CCNC(c1occc1C)C1CCCC(CC)C1. The van der Waals surface area contributed by atoms with Gasteiger partial charge in [0.2, 0.25) is 0 Å². The number of hydrogen-bond donors (Lipinski definition) is 1. The first-order valence-electron chi connectivity index (χ1n) is 7.53. The van der Waals surface area contributed by atoms with Crippen molar-refractivity contribution < 1.29 is 4.42 Å². The average molecular weight is 249 g/mol. The Kier molecular flexibility index (Phi) is 4.87. The Morgan fingerprint density at radius 2 is 2.22 bits per heavy atom. The van der Waals surface area contributed by atoms with Gasteiger partial charge in [-0.15, -0.1) is 0 Å². The van der Waals surface area contributed by atoms with Crippen LogP contribution in [0.15, 0.2) is 16.7 Å². The summed E-state index contributed by atoms with van der Waals surface area (Å²) >= 11 is 0. The van der Waals surface area contributed by atoms with E-state index in [2.05, 4.69) is 32.2 Å². The predicted molar refractivity (Wildman–Crippen MR) is 75.6 cm³/mol. The summed E-state index contributed by atoms with van der Waals surface area (Å²) in [6, 6.07) is 2.50. The molecule has 3 unspecified atom stereocenters. The van der Waals surface area contributed by atoms with E-state index < -0.39 is 0 Å². The minimum atomic E-state index is 0.416. The van der Waals surface area contributed by atoms with Crippen molar-refractivity contribution in [3.63, 3.8) is 0 Å². The highest BCUT2D eigenvalue weighted by Crippen LogP contribution is 2.39. The van der Waals surface area contributed by atoms with Crippen LogP contribution >= 0.6 is 0 Å². The molecule has 1 aromatic heterocycles. The number of hydrogen-bond acceptors (Lipinski definition) is 2. The average Bonchev–Trinajstić information content (AvgIpc) is 2.82. The van der Waals surface area contributed by atoms with Gasteiger partial charge >= 0.3 is 0 Å². The number of aryl methyl sites for hydroxylation is 1. The zero-order valence-corrected chi connectivity index (χ0v) is 12.0. The summed E-state index contributed by atoms with van der Waals surface area (Å²) in [6.45, 7) is 7.68. The van der Waals surface area contributed by atoms with Gasteiger partial charge in [0, 0.05) is 0 Å². The summed E-state index contributed by atoms with van der Waals surface area (Å²) in [6.07, 6.45) is 8.65. The van der Waals surface area contributed by atoms with E-state index >= 15 is 0 Å². The highest BCUT2D eigenvalue weighted by molar-refractivity contribution is 5.19. The Bertz CT molecular complexity index is 358. The van der Waals surface area contributed by atoms with Crippen molar-refractivity contribution in [3.8, 4) is 0 Å². The Labute approximate surface area is 111 Å². The van der Waals surface area contributed by atoms with Crippen molar-refractivity contribution in [1.29, 1.82) is 0 Å². The molecule has 0 amide bonds. The number of furan rings is 1. The lowest BCUT2D eigenvalue weighted by Gasteiger charge is -2.34. The van der Waals surface area contributed by atoms with E-state index in [4.69, 9.17) is 4.42 Å². The molecule has 0 bridgehead atoms. The van der Waals surface area contributed by atoms with Gasteiger partial charge in [-0.25, -0.2) is 0 Å². The first kappa shape index (κ1) is 13.7. The monoisotopic (exact) mass is 249 g/mol. The maximum atomic E-state index is 5.74. The van der Waals surface area contributed by atoms with E-state index in [0.717, 1.165) is 18.4 Å². The molecule has 1 fully saturated rings. The van der Waals surface area contributed by atoms with Crippen molar-refractivity contribution >= 4 is 0 Å². The van der Waals surface area contributed by atoms with Crippen LogP contribution in [0.4, 0.5) is 0 Å². The fraction of sp³-hybridized carbons (Fsp3) is 0.750. The Morgan fingerprint density at radius 1 is 1.39 bits per heavy atom. The van der Waals surface area contributed by atoms with E-state index in [0.29, 0.717) is 6.04 Å². The topological polar surface area (TPSA) is 25.2 Å². The van der Waals surface area contributed by atoms with Crippen molar-refractivity contribution in [3.05, 3.63) is 23.7 Å². The van der Waals surface area contributed by atoms with Gasteiger partial charge in [0.05, 0.1) is 12.3 Å². The van der Waals surface area contributed by atoms with E-state index in [1.54, 1.807) is 0 Å². The molecule has 0 aromatic carbocycles. The van der Waals surface area contributed by atoms with Gasteiger partial charge in [-0.1, -0.05) is 33.1 Å². The zero-order valence-electron chi connectivity index (χ0n) is 12.0. The number of rotatable bonds is 5. The van der Waals surface area contributed by atoms with Gasteiger partial charge in [0.15, 0.2) is 0 Å². The van der Waals surface area contributed by atoms with Crippen LogP contribution < -0.4 is 5.32 Å². The molecule has 1 heterocycles. The van der Waals surface area contributed by atoms with Gasteiger partial charge in [-0.3, -0.25) is 0 Å². The van der Waals surface area contributed by atoms with Gasteiger partial charge in [0.1, 0.15) is 5.76 Å². The summed E-state index contributed by atoms with van der Waals surface area (Å²) in [5.74, 6) is 2.83. The molecule has 2 nitrogen and oxygen atoms in total. The molecule has 2 rings (SSSR count). The summed E-state index contributed by atoms with van der Waals surface area (Å²) < 4.78 is 5.74. The predicted octanol–water partition coefficient (Wildman–Crippen LogP) is 4.46. The third-order valence-electron chi connectivity index (χ3n) is 4.48. The molecule has 1 aliphatic rings.